The number of halogens is 2. The van der Waals surface area contributed by atoms with Gasteiger partial charge in [-0.1, -0.05) is 61.9 Å². The number of benzene rings is 1. The van der Waals surface area contributed by atoms with Gasteiger partial charge < -0.3 is 5.32 Å². The summed E-state index contributed by atoms with van der Waals surface area (Å²) in [5, 5.41) is 8.86. The topological polar surface area (TPSA) is 36.4 Å². The lowest BCUT2D eigenvalue weighted by Crippen LogP contribution is -2.32. The molecule has 0 aliphatic heterocycles. The van der Waals surface area contributed by atoms with Crippen molar-refractivity contribution in [3.05, 3.63) is 33.8 Å². The molecule has 0 saturated carbocycles. The minimum atomic E-state index is 0.520. The SMILES string of the molecule is CCCCCCCNC(=S)NN=Cc1ccc(Cl)cc1Cl. The molecule has 1 rings (SSSR count). The zero-order valence-electron chi connectivity index (χ0n) is 12.2. The van der Waals surface area contributed by atoms with E-state index in [4.69, 9.17) is 35.4 Å². The summed E-state index contributed by atoms with van der Waals surface area (Å²) in [5.74, 6) is 0. The van der Waals surface area contributed by atoms with E-state index in [0.717, 1.165) is 18.5 Å². The van der Waals surface area contributed by atoms with Gasteiger partial charge in [0.15, 0.2) is 5.11 Å². The van der Waals surface area contributed by atoms with Crippen LogP contribution in [0.1, 0.15) is 44.6 Å². The smallest absolute Gasteiger partial charge is 0.186 e. The Morgan fingerprint density at radius 1 is 1.24 bits per heavy atom. The minimum absolute atomic E-state index is 0.520. The van der Waals surface area contributed by atoms with Gasteiger partial charge in [0.1, 0.15) is 0 Å². The van der Waals surface area contributed by atoms with E-state index in [1.807, 2.05) is 0 Å². The van der Waals surface area contributed by atoms with Crippen molar-refractivity contribution in [2.24, 2.45) is 5.10 Å². The molecule has 1 aromatic carbocycles. The lowest BCUT2D eigenvalue weighted by molar-refractivity contribution is 0.623. The Labute approximate surface area is 142 Å². The van der Waals surface area contributed by atoms with Crippen molar-refractivity contribution in [3.63, 3.8) is 0 Å². The highest BCUT2D eigenvalue weighted by Gasteiger charge is 1.98. The molecule has 0 radical (unpaired) electrons. The van der Waals surface area contributed by atoms with Crippen molar-refractivity contribution >= 4 is 46.7 Å². The highest BCUT2D eigenvalue weighted by molar-refractivity contribution is 7.80. The van der Waals surface area contributed by atoms with Crippen LogP contribution in [0, 0.1) is 0 Å². The van der Waals surface area contributed by atoms with Crippen molar-refractivity contribution in [2.45, 2.75) is 39.0 Å². The van der Waals surface area contributed by atoms with E-state index in [2.05, 4.69) is 22.8 Å². The third-order valence-corrected chi connectivity index (χ3v) is 3.70. The predicted octanol–water partition coefficient (Wildman–Crippen LogP) is 4.76. The fourth-order valence-electron chi connectivity index (χ4n) is 1.74. The van der Waals surface area contributed by atoms with Gasteiger partial charge in [0.05, 0.1) is 11.2 Å². The van der Waals surface area contributed by atoms with Crippen LogP contribution in [-0.4, -0.2) is 17.9 Å². The van der Waals surface area contributed by atoms with E-state index in [9.17, 15) is 0 Å². The van der Waals surface area contributed by atoms with E-state index in [1.54, 1.807) is 24.4 Å². The molecule has 0 bridgehead atoms. The maximum Gasteiger partial charge on any atom is 0.186 e. The summed E-state index contributed by atoms with van der Waals surface area (Å²) >= 11 is 17.0. The van der Waals surface area contributed by atoms with Crippen LogP contribution in [-0.2, 0) is 0 Å². The van der Waals surface area contributed by atoms with Gasteiger partial charge >= 0.3 is 0 Å². The van der Waals surface area contributed by atoms with Gasteiger partial charge in [0, 0.05) is 17.1 Å². The van der Waals surface area contributed by atoms with E-state index in [0.29, 0.717) is 15.2 Å². The highest BCUT2D eigenvalue weighted by Crippen LogP contribution is 2.19. The number of hydrazone groups is 1. The maximum absolute atomic E-state index is 6.04. The molecule has 116 valence electrons. The molecule has 21 heavy (non-hydrogen) atoms. The third kappa shape index (κ3) is 8.24. The molecule has 2 N–H and O–H groups in total. The molecule has 6 heteroatoms. The van der Waals surface area contributed by atoms with Crippen molar-refractivity contribution in [2.75, 3.05) is 6.54 Å². The maximum atomic E-state index is 6.04. The summed E-state index contributed by atoms with van der Waals surface area (Å²) in [5.41, 5.74) is 3.56. The van der Waals surface area contributed by atoms with E-state index in [-0.39, 0.29) is 0 Å². The zero-order chi connectivity index (χ0) is 15.5. The first-order chi connectivity index (χ1) is 10.1. The third-order valence-electron chi connectivity index (χ3n) is 2.90. The number of hydrogen-bond acceptors (Lipinski definition) is 2. The Hall–Kier alpha value is -0.840. The van der Waals surface area contributed by atoms with Gasteiger partial charge in [0.2, 0.25) is 0 Å². The molecule has 0 aromatic heterocycles. The molecule has 0 aliphatic carbocycles. The summed E-state index contributed by atoms with van der Waals surface area (Å²) in [4.78, 5) is 0. The second-order valence-electron chi connectivity index (χ2n) is 4.71. The van der Waals surface area contributed by atoms with Crippen LogP contribution in [0.3, 0.4) is 0 Å². The van der Waals surface area contributed by atoms with Crippen LogP contribution < -0.4 is 10.7 Å². The average molecular weight is 346 g/mol. The van der Waals surface area contributed by atoms with Crippen molar-refractivity contribution in [3.8, 4) is 0 Å². The number of nitrogens with one attached hydrogen (secondary N) is 2. The van der Waals surface area contributed by atoms with Gasteiger partial charge in [0.25, 0.3) is 0 Å². The molecule has 0 atom stereocenters. The Morgan fingerprint density at radius 3 is 2.71 bits per heavy atom. The summed E-state index contributed by atoms with van der Waals surface area (Å²) in [6.07, 6.45) is 7.81. The lowest BCUT2D eigenvalue weighted by Gasteiger charge is -2.06. The Bertz CT molecular complexity index is 478. The summed E-state index contributed by atoms with van der Waals surface area (Å²) < 4.78 is 0. The second-order valence-corrected chi connectivity index (χ2v) is 5.96. The van der Waals surface area contributed by atoms with E-state index >= 15 is 0 Å². The Kier molecular flexibility index (Phi) is 9.39. The molecule has 0 amide bonds. The lowest BCUT2D eigenvalue weighted by atomic mass is 10.1. The fraction of sp³-hybridized carbons (Fsp3) is 0.467. The Balaban J connectivity index is 2.21. The summed E-state index contributed by atoms with van der Waals surface area (Å²) in [7, 11) is 0. The van der Waals surface area contributed by atoms with Crippen LogP contribution >= 0.6 is 35.4 Å². The number of nitrogens with zero attached hydrogens (tertiary/aromatic N) is 1. The first kappa shape index (κ1) is 18.2. The van der Waals surface area contributed by atoms with Gasteiger partial charge in [-0.25, -0.2) is 0 Å². The van der Waals surface area contributed by atoms with E-state index < -0.39 is 0 Å². The van der Waals surface area contributed by atoms with Gasteiger partial charge in [-0.05, 0) is 30.8 Å². The monoisotopic (exact) mass is 345 g/mol. The second kappa shape index (κ2) is 10.8. The molecule has 0 unspecified atom stereocenters. The first-order valence-corrected chi connectivity index (χ1v) is 8.32. The largest absolute Gasteiger partial charge is 0.361 e. The quantitative estimate of drug-likeness (QED) is 0.308. The normalized spacial score (nSPS) is 10.8. The van der Waals surface area contributed by atoms with E-state index in [1.165, 1.54) is 25.7 Å². The molecule has 3 nitrogen and oxygen atoms in total. The van der Waals surface area contributed by atoms with Crippen LogP contribution in [0.2, 0.25) is 10.0 Å². The summed E-state index contributed by atoms with van der Waals surface area (Å²) in [6.45, 7) is 3.08. The van der Waals surface area contributed by atoms with Crippen molar-refractivity contribution in [1.82, 2.24) is 10.7 Å². The number of unbranched alkanes of at least 4 members (excludes halogenated alkanes) is 4. The molecule has 0 aliphatic rings. The number of hydrogen-bond donors (Lipinski definition) is 2. The molecule has 0 spiro atoms. The molecule has 1 aromatic rings. The minimum Gasteiger partial charge on any atom is -0.361 e. The van der Waals surface area contributed by atoms with Crippen molar-refractivity contribution in [1.29, 1.82) is 0 Å². The van der Waals surface area contributed by atoms with Crippen LogP contribution in [0.25, 0.3) is 0 Å². The Morgan fingerprint density at radius 2 is 2.00 bits per heavy atom. The zero-order valence-corrected chi connectivity index (χ0v) is 14.5. The molecular formula is C15H21Cl2N3S. The number of rotatable bonds is 8. The van der Waals surface area contributed by atoms with Gasteiger partial charge in [-0.3, -0.25) is 5.43 Å². The van der Waals surface area contributed by atoms with Crippen LogP contribution in [0.15, 0.2) is 23.3 Å². The predicted molar refractivity (Wildman–Crippen MR) is 96.6 cm³/mol. The molecule has 0 saturated heterocycles. The molecule has 0 heterocycles. The fourth-order valence-corrected chi connectivity index (χ4v) is 2.35. The van der Waals surface area contributed by atoms with Gasteiger partial charge in [-0.15, -0.1) is 0 Å². The standard InChI is InChI=1S/C15H21Cl2N3S/c1-2-3-4-5-6-9-18-15(21)20-19-11-12-7-8-13(16)10-14(12)17/h7-8,10-11H,2-6,9H2,1H3,(H2,18,20,21). The summed E-state index contributed by atoms with van der Waals surface area (Å²) in [6, 6.07) is 5.25. The van der Waals surface area contributed by atoms with Crippen LogP contribution in [0.4, 0.5) is 0 Å². The highest BCUT2D eigenvalue weighted by atomic mass is 35.5. The van der Waals surface area contributed by atoms with Crippen molar-refractivity contribution < 1.29 is 0 Å². The molecule has 0 fully saturated rings. The average Bonchev–Trinajstić information content (AvgIpc) is 2.45. The first-order valence-electron chi connectivity index (χ1n) is 7.15. The van der Waals surface area contributed by atoms with Gasteiger partial charge in [-0.2, -0.15) is 5.10 Å². The molecular weight excluding hydrogens is 325 g/mol. The van der Waals surface area contributed by atoms with Crippen LogP contribution in [0.5, 0.6) is 0 Å². The number of thiocarbonyl (C=S) groups is 1.